The van der Waals surface area contributed by atoms with Crippen LogP contribution in [0.15, 0.2) is 48.5 Å². The van der Waals surface area contributed by atoms with E-state index in [9.17, 15) is 9.59 Å². The van der Waals surface area contributed by atoms with Crippen molar-refractivity contribution < 1.29 is 28.5 Å². The van der Waals surface area contributed by atoms with Crippen molar-refractivity contribution in [2.75, 3.05) is 13.2 Å². The fraction of sp³-hybridized carbons (Fsp3) is 0.222. The van der Waals surface area contributed by atoms with Gasteiger partial charge in [-0.1, -0.05) is 36.4 Å². The van der Waals surface area contributed by atoms with Crippen LogP contribution in [0, 0.1) is 0 Å². The van der Waals surface area contributed by atoms with Crippen LogP contribution < -0.4 is 9.47 Å². The summed E-state index contributed by atoms with van der Waals surface area (Å²) in [5.74, 6) is 0.603. The minimum Gasteiger partial charge on any atom is -0.434 e. The van der Waals surface area contributed by atoms with Crippen molar-refractivity contribution in [3.63, 3.8) is 0 Å². The molecule has 0 aliphatic heterocycles. The molecule has 126 valence electrons. The van der Waals surface area contributed by atoms with E-state index in [0.29, 0.717) is 22.6 Å². The monoisotopic (exact) mass is 330 g/mol. The third-order valence-electron chi connectivity index (χ3n) is 2.98. The third kappa shape index (κ3) is 4.49. The molecule has 0 heterocycles. The molecule has 2 aromatic carbocycles. The number of benzene rings is 2. The zero-order valence-corrected chi connectivity index (χ0v) is 13.5. The maximum atomic E-state index is 11.6. The summed E-state index contributed by atoms with van der Waals surface area (Å²) in [5, 5.41) is 0. The first-order valence-electron chi connectivity index (χ1n) is 7.53. The van der Waals surface area contributed by atoms with Gasteiger partial charge in [-0.3, -0.25) is 0 Å². The molecule has 0 saturated carbocycles. The van der Waals surface area contributed by atoms with Gasteiger partial charge >= 0.3 is 12.3 Å². The van der Waals surface area contributed by atoms with Gasteiger partial charge in [-0.15, -0.1) is 0 Å². The first-order chi connectivity index (χ1) is 11.7. The lowest BCUT2D eigenvalue weighted by atomic mass is 10.0. The van der Waals surface area contributed by atoms with E-state index in [2.05, 4.69) is 0 Å². The summed E-state index contributed by atoms with van der Waals surface area (Å²) < 4.78 is 20.0. The minimum atomic E-state index is -0.797. The van der Waals surface area contributed by atoms with Gasteiger partial charge in [-0.25, -0.2) is 9.59 Å². The Labute approximate surface area is 139 Å². The molecule has 0 unspecified atom stereocenters. The van der Waals surface area contributed by atoms with Gasteiger partial charge in [-0.2, -0.15) is 0 Å². The van der Waals surface area contributed by atoms with Gasteiger partial charge in [0.1, 0.15) is 11.5 Å². The Hall–Kier alpha value is -3.02. The summed E-state index contributed by atoms with van der Waals surface area (Å²) in [7, 11) is 0. The summed E-state index contributed by atoms with van der Waals surface area (Å²) in [4.78, 5) is 23.2. The quantitative estimate of drug-likeness (QED) is 0.597. The van der Waals surface area contributed by atoms with Crippen LogP contribution in [0.1, 0.15) is 13.8 Å². The fourth-order valence-corrected chi connectivity index (χ4v) is 2.03. The number of hydrogen-bond acceptors (Lipinski definition) is 6. The summed E-state index contributed by atoms with van der Waals surface area (Å²) in [5.41, 5.74) is 1.18. The van der Waals surface area contributed by atoms with Gasteiger partial charge in [0.15, 0.2) is 0 Å². The SMILES string of the molecule is CCOC(=O)Oc1ccccc1-c1ccccc1OC(=O)OCC. The molecule has 24 heavy (non-hydrogen) atoms. The molecular formula is C18H18O6. The van der Waals surface area contributed by atoms with E-state index in [0.717, 1.165) is 0 Å². The molecule has 0 aliphatic carbocycles. The molecule has 0 aromatic heterocycles. The van der Waals surface area contributed by atoms with Crippen LogP contribution in [0.4, 0.5) is 9.59 Å². The van der Waals surface area contributed by atoms with Crippen LogP contribution in [-0.4, -0.2) is 25.5 Å². The van der Waals surface area contributed by atoms with Gasteiger partial charge in [0.2, 0.25) is 0 Å². The maximum absolute atomic E-state index is 11.6. The largest absolute Gasteiger partial charge is 0.513 e. The molecule has 0 saturated heterocycles. The average molecular weight is 330 g/mol. The lowest BCUT2D eigenvalue weighted by Crippen LogP contribution is -2.12. The van der Waals surface area contributed by atoms with Crippen LogP contribution in [0.5, 0.6) is 11.5 Å². The Morgan fingerprint density at radius 3 is 1.46 bits per heavy atom. The Bertz CT molecular complexity index is 649. The number of carbonyl (C=O) groups excluding carboxylic acids is 2. The summed E-state index contributed by atoms with van der Waals surface area (Å²) >= 11 is 0. The number of carbonyl (C=O) groups is 2. The summed E-state index contributed by atoms with van der Waals surface area (Å²) in [6.07, 6.45) is -1.59. The molecule has 2 aromatic rings. The van der Waals surface area contributed by atoms with Gasteiger partial charge in [0.05, 0.1) is 13.2 Å². The molecule has 2 rings (SSSR count). The van der Waals surface area contributed by atoms with Gasteiger partial charge < -0.3 is 18.9 Å². The molecule has 0 atom stereocenters. The predicted octanol–water partition coefficient (Wildman–Crippen LogP) is 4.42. The number of hydrogen-bond donors (Lipinski definition) is 0. The topological polar surface area (TPSA) is 71.1 Å². The number of para-hydroxylation sites is 2. The van der Waals surface area contributed by atoms with E-state index < -0.39 is 12.3 Å². The second-order valence-electron chi connectivity index (χ2n) is 4.56. The van der Waals surface area contributed by atoms with Gasteiger partial charge in [-0.05, 0) is 26.0 Å². The summed E-state index contributed by atoms with van der Waals surface area (Å²) in [6.45, 7) is 3.80. The third-order valence-corrected chi connectivity index (χ3v) is 2.98. The maximum Gasteiger partial charge on any atom is 0.513 e. The average Bonchev–Trinajstić information content (AvgIpc) is 2.56. The first kappa shape index (κ1) is 17.3. The van der Waals surface area contributed by atoms with Crippen molar-refractivity contribution >= 4 is 12.3 Å². The molecular weight excluding hydrogens is 312 g/mol. The molecule has 0 bridgehead atoms. The Kier molecular flexibility index (Phi) is 6.19. The minimum absolute atomic E-state index is 0.212. The lowest BCUT2D eigenvalue weighted by Gasteiger charge is -2.13. The van der Waals surface area contributed by atoms with Crippen LogP contribution in [0.2, 0.25) is 0 Å². The van der Waals surface area contributed by atoms with Crippen molar-refractivity contribution in [3.8, 4) is 22.6 Å². The molecule has 0 fully saturated rings. The van der Waals surface area contributed by atoms with E-state index in [1.807, 2.05) is 0 Å². The zero-order chi connectivity index (χ0) is 17.4. The van der Waals surface area contributed by atoms with Crippen molar-refractivity contribution in [3.05, 3.63) is 48.5 Å². The Morgan fingerprint density at radius 2 is 1.08 bits per heavy atom. The molecule has 0 amide bonds. The van der Waals surface area contributed by atoms with Crippen molar-refractivity contribution in [1.29, 1.82) is 0 Å². The smallest absolute Gasteiger partial charge is 0.434 e. The highest BCUT2D eigenvalue weighted by Crippen LogP contribution is 2.36. The highest BCUT2D eigenvalue weighted by atomic mass is 16.7. The van der Waals surface area contributed by atoms with Crippen LogP contribution in [0.25, 0.3) is 11.1 Å². The molecule has 6 heteroatoms. The van der Waals surface area contributed by atoms with Crippen LogP contribution >= 0.6 is 0 Å². The zero-order valence-electron chi connectivity index (χ0n) is 13.5. The van der Waals surface area contributed by atoms with E-state index >= 15 is 0 Å². The molecule has 0 radical (unpaired) electrons. The van der Waals surface area contributed by atoms with E-state index in [1.54, 1.807) is 62.4 Å². The second-order valence-corrected chi connectivity index (χ2v) is 4.56. The molecule has 0 spiro atoms. The Morgan fingerprint density at radius 1 is 0.708 bits per heavy atom. The number of ether oxygens (including phenoxy) is 4. The predicted molar refractivity (Wildman–Crippen MR) is 87.2 cm³/mol. The fourth-order valence-electron chi connectivity index (χ4n) is 2.03. The van der Waals surface area contributed by atoms with Gasteiger partial charge in [0.25, 0.3) is 0 Å². The highest BCUT2D eigenvalue weighted by molar-refractivity contribution is 5.80. The van der Waals surface area contributed by atoms with Gasteiger partial charge in [0, 0.05) is 11.1 Å². The van der Waals surface area contributed by atoms with Crippen molar-refractivity contribution in [2.24, 2.45) is 0 Å². The lowest BCUT2D eigenvalue weighted by molar-refractivity contribution is 0.102. The standard InChI is InChI=1S/C18H18O6/c1-3-21-17(19)23-15-11-7-5-9-13(15)14-10-6-8-12-16(14)24-18(20)22-4-2/h5-12H,3-4H2,1-2H3. The summed E-state index contributed by atoms with van der Waals surface area (Å²) in [6, 6.07) is 13.8. The van der Waals surface area contributed by atoms with Crippen molar-refractivity contribution in [1.82, 2.24) is 0 Å². The van der Waals surface area contributed by atoms with Crippen LogP contribution in [0.3, 0.4) is 0 Å². The molecule has 0 aliphatic rings. The number of rotatable bonds is 5. The van der Waals surface area contributed by atoms with Crippen molar-refractivity contribution in [2.45, 2.75) is 13.8 Å². The Balaban J connectivity index is 2.35. The normalized spacial score (nSPS) is 9.92. The molecule has 6 nitrogen and oxygen atoms in total. The van der Waals surface area contributed by atoms with E-state index in [4.69, 9.17) is 18.9 Å². The van der Waals surface area contributed by atoms with Crippen LogP contribution in [-0.2, 0) is 9.47 Å². The van der Waals surface area contributed by atoms with E-state index in [1.165, 1.54) is 0 Å². The van der Waals surface area contributed by atoms with E-state index in [-0.39, 0.29) is 13.2 Å². The highest BCUT2D eigenvalue weighted by Gasteiger charge is 2.16. The second kappa shape index (κ2) is 8.57. The first-order valence-corrected chi connectivity index (χ1v) is 7.53. The molecule has 0 N–H and O–H groups in total.